The third-order valence-corrected chi connectivity index (χ3v) is 5.47. The Kier molecular flexibility index (Phi) is 5.98. The molecule has 0 amide bonds. The summed E-state index contributed by atoms with van der Waals surface area (Å²) in [4.78, 5) is 29.1. The summed E-state index contributed by atoms with van der Waals surface area (Å²) in [6.45, 7) is -0.262. The van der Waals surface area contributed by atoms with Gasteiger partial charge in [-0.2, -0.15) is 0 Å². The lowest BCUT2D eigenvalue weighted by Gasteiger charge is -2.29. The second kappa shape index (κ2) is 8.83. The van der Waals surface area contributed by atoms with Gasteiger partial charge in [0.05, 0.1) is 6.61 Å². The van der Waals surface area contributed by atoms with E-state index < -0.39 is 31.0 Å². The molecule has 1 fully saturated rings. The zero-order chi connectivity index (χ0) is 21.1. The summed E-state index contributed by atoms with van der Waals surface area (Å²) in [7, 11) is 0. The van der Waals surface area contributed by atoms with E-state index >= 15 is 0 Å². The number of aliphatic hydroxyl groups is 1. The van der Waals surface area contributed by atoms with Crippen LogP contribution in [0.1, 0.15) is 29.9 Å². The molecule has 0 spiro atoms. The molecule has 8 heteroatoms. The number of hydrogen-bond donors (Lipinski definition) is 2. The molecular weight excluding hydrogens is 390 g/mol. The minimum Gasteiger partial charge on any atom is -0.480 e. The molecule has 8 nitrogen and oxygen atoms in total. The van der Waals surface area contributed by atoms with E-state index in [9.17, 15) is 19.8 Å². The Labute approximate surface area is 173 Å². The number of carbonyl (C=O) groups is 2. The number of rotatable bonds is 7. The number of hydrogen-bond acceptors (Lipinski definition) is 7. The fourth-order valence-electron chi connectivity index (χ4n) is 4.06. The number of aliphatic carboxylic acids is 1. The van der Waals surface area contributed by atoms with Crippen molar-refractivity contribution in [3.8, 4) is 11.1 Å². The highest BCUT2D eigenvalue weighted by Crippen LogP contribution is 2.44. The Morgan fingerprint density at radius 3 is 2.27 bits per heavy atom. The van der Waals surface area contributed by atoms with Crippen LogP contribution in [0.5, 0.6) is 0 Å². The molecule has 2 aromatic rings. The molecule has 2 atom stereocenters. The molecule has 1 aliphatic carbocycles. The molecule has 2 N–H and O–H groups in total. The standard InChI is InChI=1S/C22H23NO7/c24-12-19(21(25)26)23(20-10-5-11-28-20)30-22(27)29-13-18-16-8-3-1-6-14(16)15-7-2-4-9-17(15)18/h1-4,6-9,18-20,24H,5,10-13H2,(H,25,26)/t19-,20?/m0/s1. The van der Waals surface area contributed by atoms with Crippen LogP contribution < -0.4 is 0 Å². The van der Waals surface area contributed by atoms with Gasteiger partial charge in [0.2, 0.25) is 0 Å². The number of carboxylic acid groups (broad SMARTS) is 1. The van der Waals surface area contributed by atoms with Crippen LogP contribution >= 0.6 is 0 Å². The molecule has 30 heavy (non-hydrogen) atoms. The van der Waals surface area contributed by atoms with Gasteiger partial charge in [0.25, 0.3) is 0 Å². The maximum atomic E-state index is 12.4. The van der Waals surface area contributed by atoms with Gasteiger partial charge >= 0.3 is 12.1 Å². The molecule has 2 aliphatic rings. The van der Waals surface area contributed by atoms with Crippen LogP contribution in [0.3, 0.4) is 0 Å². The summed E-state index contributed by atoms with van der Waals surface area (Å²) in [5.74, 6) is -1.46. The van der Waals surface area contributed by atoms with Crippen molar-refractivity contribution >= 4 is 12.1 Å². The summed E-state index contributed by atoms with van der Waals surface area (Å²) in [6.07, 6.45) is -0.584. The first kappa shape index (κ1) is 20.3. The molecule has 0 bridgehead atoms. The molecule has 2 aromatic carbocycles. The van der Waals surface area contributed by atoms with E-state index in [1.54, 1.807) is 0 Å². The van der Waals surface area contributed by atoms with Gasteiger partial charge in [0, 0.05) is 12.5 Å². The monoisotopic (exact) mass is 413 g/mol. The molecule has 1 saturated heterocycles. The van der Waals surface area contributed by atoms with E-state index in [4.69, 9.17) is 14.3 Å². The maximum absolute atomic E-state index is 12.4. The van der Waals surface area contributed by atoms with Gasteiger partial charge in [-0.3, -0.25) is 4.79 Å². The lowest BCUT2D eigenvalue weighted by Crippen LogP contribution is -2.50. The van der Waals surface area contributed by atoms with Gasteiger partial charge < -0.3 is 24.5 Å². The van der Waals surface area contributed by atoms with Crippen LogP contribution in [0, 0.1) is 0 Å². The maximum Gasteiger partial charge on any atom is 0.528 e. The zero-order valence-corrected chi connectivity index (χ0v) is 16.3. The molecule has 158 valence electrons. The fraction of sp³-hybridized carbons (Fsp3) is 0.364. The topological polar surface area (TPSA) is 106 Å². The van der Waals surface area contributed by atoms with E-state index in [1.807, 2.05) is 48.5 Å². The molecule has 0 saturated carbocycles. The summed E-state index contributed by atoms with van der Waals surface area (Å²) in [5, 5.41) is 19.7. The number of carboxylic acids is 1. The minimum atomic E-state index is -1.44. The van der Waals surface area contributed by atoms with E-state index in [0.29, 0.717) is 19.4 Å². The van der Waals surface area contributed by atoms with E-state index in [0.717, 1.165) is 27.3 Å². The number of fused-ring (bicyclic) bond motifs is 3. The van der Waals surface area contributed by atoms with Crippen LogP contribution in [-0.2, 0) is 19.1 Å². The average molecular weight is 413 g/mol. The Bertz CT molecular complexity index is 880. The minimum absolute atomic E-state index is 0.0447. The fourth-order valence-corrected chi connectivity index (χ4v) is 4.06. The summed E-state index contributed by atoms with van der Waals surface area (Å²) >= 11 is 0. The molecule has 0 aromatic heterocycles. The Balaban J connectivity index is 1.47. The molecule has 4 rings (SSSR count). The Morgan fingerprint density at radius 2 is 1.73 bits per heavy atom. The van der Waals surface area contributed by atoms with Crippen LogP contribution in [0.2, 0.25) is 0 Å². The first-order valence-corrected chi connectivity index (χ1v) is 9.86. The van der Waals surface area contributed by atoms with Crippen molar-refractivity contribution in [2.75, 3.05) is 19.8 Å². The van der Waals surface area contributed by atoms with E-state index in [-0.39, 0.29) is 12.5 Å². The predicted octanol–water partition coefficient (Wildman–Crippen LogP) is 2.75. The van der Waals surface area contributed by atoms with Gasteiger partial charge in [0.1, 0.15) is 12.8 Å². The van der Waals surface area contributed by atoms with Crippen LogP contribution in [0.25, 0.3) is 11.1 Å². The highest BCUT2D eigenvalue weighted by molar-refractivity contribution is 5.79. The third-order valence-electron chi connectivity index (χ3n) is 5.47. The zero-order valence-electron chi connectivity index (χ0n) is 16.3. The van der Waals surface area contributed by atoms with Gasteiger partial charge in [0.15, 0.2) is 6.04 Å². The third kappa shape index (κ3) is 3.89. The normalized spacial score (nSPS) is 18.7. The van der Waals surface area contributed by atoms with Crippen LogP contribution in [0.15, 0.2) is 48.5 Å². The van der Waals surface area contributed by atoms with E-state index in [1.165, 1.54) is 0 Å². The summed E-state index contributed by atoms with van der Waals surface area (Å²) < 4.78 is 10.8. The number of carbonyl (C=O) groups excluding carboxylic acids is 1. The van der Waals surface area contributed by atoms with Gasteiger partial charge in [-0.05, 0) is 35.1 Å². The Hall–Kier alpha value is -2.94. The number of nitrogens with zero attached hydrogens (tertiary/aromatic N) is 1. The second-order valence-corrected chi connectivity index (χ2v) is 7.24. The van der Waals surface area contributed by atoms with Crippen molar-refractivity contribution in [1.82, 2.24) is 5.06 Å². The average Bonchev–Trinajstić information content (AvgIpc) is 3.39. The first-order valence-electron chi connectivity index (χ1n) is 9.86. The molecule has 0 radical (unpaired) electrons. The van der Waals surface area contributed by atoms with Crippen molar-refractivity contribution in [1.29, 1.82) is 0 Å². The highest BCUT2D eigenvalue weighted by atomic mass is 16.8. The number of hydroxylamine groups is 2. The van der Waals surface area contributed by atoms with Crippen molar-refractivity contribution in [2.45, 2.75) is 31.0 Å². The van der Waals surface area contributed by atoms with Crippen molar-refractivity contribution < 1.29 is 34.1 Å². The predicted molar refractivity (Wildman–Crippen MR) is 105 cm³/mol. The van der Waals surface area contributed by atoms with E-state index in [2.05, 4.69) is 0 Å². The smallest absolute Gasteiger partial charge is 0.480 e. The number of benzene rings is 2. The SMILES string of the molecule is O=C(OCC1c2ccccc2-c2ccccc21)ON(C1CCCO1)[C@@H](CO)C(=O)O. The van der Waals surface area contributed by atoms with Crippen molar-refractivity contribution in [3.05, 3.63) is 59.7 Å². The van der Waals surface area contributed by atoms with Crippen LogP contribution in [0.4, 0.5) is 4.79 Å². The Morgan fingerprint density at radius 1 is 1.10 bits per heavy atom. The molecular formula is C22H23NO7. The first-order chi connectivity index (χ1) is 14.6. The van der Waals surface area contributed by atoms with Gasteiger partial charge in [-0.15, -0.1) is 0 Å². The molecule has 1 aliphatic heterocycles. The molecule has 1 heterocycles. The van der Waals surface area contributed by atoms with Crippen molar-refractivity contribution in [2.24, 2.45) is 0 Å². The second-order valence-electron chi connectivity index (χ2n) is 7.24. The number of aliphatic hydroxyl groups excluding tert-OH is 1. The lowest BCUT2D eigenvalue weighted by atomic mass is 9.98. The van der Waals surface area contributed by atoms with Gasteiger partial charge in [-0.25, -0.2) is 4.79 Å². The highest BCUT2D eigenvalue weighted by Gasteiger charge is 2.38. The molecule has 1 unspecified atom stereocenters. The van der Waals surface area contributed by atoms with Crippen molar-refractivity contribution in [3.63, 3.8) is 0 Å². The lowest BCUT2D eigenvalue weighted by molar-refractivity contribution is -0.241. The van der Waals surface area contributed by atoms with Crippen LogP contribution in [-0.4, -0.2) is 59.5 Å². The summed E-state index contributed by atoms with van der Waals surface area (Å²) in [6, 6.07) is 14.4. The number of ether oxygens (including phenoxy) is 2. The summed E-state index contributed by atoms with van der Waals surface area (Å²) in [5.41, 5.74) is 4.31. The largest absolute Gasteiger partial charge is 0.528 e. The van der Waals surface area contributed by atoms with Gasteiger partial charge in [-0.1, -0.05) is 53.6 Å². The quantitative estimate of drug-likeness (QED) is 0.527.